The molecule has 2 aromatic rings. The van der Waals surface area contributed by atoms with Crippen molar-refractivity contribution in [1.29, 1.82) is 0 Å². The molecule has 0 N–H and O–H groups in total. The molecule has 0 aliphatic carbocycles. The van der Waals surface area contributed by atoms with Crippen molar-refractivity contribution in [1.82, 2.24) is 4.98 Å². The van der Waals surface area contributed by atoms with Crippen LogP contribution in [0.25, 0.3) is 12.2 Å². The van der Waals surface area contributed by atoms with Crippen molar-refractivity contribution in [3.63, 3.8) is 0 Å². The maximum atomic E-state index is 4.20. The Bertz CT molecular complexity index is 403. The van der Waals surface area contributed by atoms with Crippen LogP contribution in [-0.4, -0.2) is 4.98 Å². The molecule has 0 unspecified atom stereocenters. The van der Waals surface area contributed by atoms with E-state index in [1.807, 2.05) is 12.3 Å². The van der Waals surface area contributed by atoms with Gasteiger partial charge in [0.15, 0.2) is 0 Å². The van der Waals surface area contributed by atoms with Crippen LogP contribution in [-0.2, 0) is 0 Å². The Balaban J connectivity index is 2.14. The Labute approximate surface area is 92.9 Å². The van der Waals surface area contributed by atoms with Gasteiger partial charge in [-0.15, -0.1) is 11.3 Å². The van der Waals surface area contributed by atoms with E-state index in [-0.39, 0.29) is 0 Å². The molecule has 0 fully saturated rings. The molecule has 66 valence electrons. The van der Waals surface area contributed by atoms with Crippen LogP contribution in [0.4, 0.5) is 0 Å². The molecule has 0 saturated heterocycles. The summed E-state index contributed by atoms with van der Waals surface area (Å²) >= 11 is 6.71. The van der Waals surface area contributed by atoms with Crippen LogP contribution < -0.4 is 0 Å². The Morgan fingerprint density at radius 2 is 2.31 bits per heavy atom. The molecule has 0 aliphatic rings. The molecular weight excluding hydrogens is 266 g/mol. The lowest BCUT2D eigenvalue weighted by molar-refractivity contribution is 1.39. The lowest BCUT2D eigenvalue weighted by Gasteiger charge is -1.81. The summed E-state index contributed by atoms with van der Waals surface area (Å²) in [7, 11) is 0. The molecule has 0 bridgehead atoms. The molecule has 0 aliphatic heterocycles. The van der Waals surface area contributed by atoms with E-state index in [4.69, 9.17) is 0 Å². The van der Waals surface area contributed by atoms with Gasteiger partial charge < -0.3 is 0 Å². The molecule has 0 atom stereocenters. The quantitative estimate of drug-likeness (QED) is 0.800. The van der Waals surface area contributed by atoms with Gasteiger partial charge in [0.25, 0.3) is 0 Å². The molecule has 1 nitrogen and oxygen atoms in total. The maximum absolute atomic E-state index is 4.20. The highest BCUT2D eigenvalue weighted by molar-refractivity contribution is 9.11. The van der Waals surface area contributed by atoms with Gasteiger partial charge in [-0.1, -0.05) is 6.08 Å². The van der Waals surface area contributed by atoms with Crippen LogP contribution in [0.5, 0.6) is 0 Å². The third-order valence-corrected chi connectivity index (χ3v) is 3.60. The second-order valence-electron chi connectivity index (χ2n) is 2.39. The SMILES string of the molecule is Brc1cnc(/C=C/c2ccsc2)s1. The number of thiazole rings is 1. The van der Waals surface area contributed by atoms with Crippen molar-refractivity contribution >= 4 is 50.8 Å². The van der Waals surface area contributed by atoms with Gasteiger partial charge in [-0.25, -0.2) is 4.98 Å². The first kappa shape index (κ1) is 9.12. The smallest absolute Gasteiger partial charge is 0.117 e. The van der Waals surface area contributed by atoms with Gasteiger partial charge in [-0.2, -0.15) is 11.3 Å². The van der Waals surface area contributed by atoms with Crippen LogP contribution in [0, 0.1) is 0 Å². The number of halogens is 1. The lowest BCUT2D eigenvalue weighted by atomic mass is 10.3. The molecule has 2 rings (SSSR count). The molecule has 0 aromatic carbocycles. The van der Waals surface area contributed by atoms with E-state index in [1.165, 1.54) is 5.56 Å². The zero-order valence-electron chi connectivity index (χ0n) is 6.61. The number of rotatable bonds is 2. The minimum atomic E-state index is 1.03. The summed E-state index contributed by atoms with van der Waals surface area (Å²) in [5, 5.41) is 5.20. The van der Waals surface area contributed by atoms with Gasteiger partial charge in [-0.3, -0.25) is 0 Å². The van der Waals surface area contributed by atoms with Crippen molar-refractivity contribution in [2.75, 3.05) is 0 Å². The fourth-order valence-electron chi connectivity index (χ4n) is 0.881. The average molecular weight is 272 g/mol. The van der Waals surface area contributed by atoms with E-state index in [0.717, 1.165) is 8.79 Å². The number of thiophene rings is 1. The third kappa shape index (κ3) is 2.49. The standard InChI is InChI=1S/C9H6BrNS2/c10-8-5-11-9(13-8)2-1-7-3-4-12-6-7/h1-6H/b2-1+. The van der Waals surface area contributed by atoms with Crippen molar-refractivity contribution in [2.24, 2.45) is 0 Å². The number of hydrogen-bond donors (Lipinski definition) is 0. The van der Waals surface area contributed by atoms with Gasteiger partial charge >= 0.3 is 0 Å². The van der Waals surface area contributed by atoms with Gasteiger partial charge in [-0.05, 0) is 44.4 Å². The molecule has 2 aromatic heterocycles. The van der Waals surface area contributed by atoms with E-state index in [1.54, 1.807) is 22.7 Å². The minimum Gasteiger partial charge on any atom is -0.244 e. The molecule has 13 heavy (non-hydrogen) atoms. The van der Waals surface area contributed by atoms with Crippen molar-refractivity contribution in [3.8, 4) is 0 Å². The summed E-state index contributed by atoms with van der Waals surface area (Å²) in [5.41, 5.74) is 1.23. The van der Waals surface area contributed by atoms with E-state index in [2.05, 4.69) is 43.8 Å². The number of hydrogen-bond acceptors (Lipinski definition) is 3. The Hall–Kier alpha value is -0.450. The van der Waals surface area contributed by atoms with Crippen molar-refractivity contribution in [2.45, 2.75) is 0 Å². The molecule has 2 heterocycles. The summed E-state index contributed by atoms with van der Waals surface area (Å²) in [4.78, 5) is 4.20. The Morgan fingerprint density at radius 1 is 1.38 bits per heavy atom. The Kier molecular flexibility index (Phi) is 2.93. The maximum Gasteiger partial charge on any atom is 0.117 e. The fourth-order valence-corrected chi connectivity index (χ4v) is 2.66. The average Bonchev–Trinajstić information content (AvgIpc) is 2.71. The van der Waals surface area contributed by atoms with E-state index < -0.39 is 0 Å². The second kappa shape index (κ2) is 4.17. The Morgan fingerprint density at radius 3 is 2.92 bits per heavy atom. The predicted molar refractivity (Wildman–Crippen MR) is 63.1 cm³/mol. The summed E-state index contributed by atoms with van der Waals surface area (Å²) in [6, 6.07) is 2.09. The van der Waals surface area contributed by atoms with Crippen LogP contribution in [0.1, 0.15) is 10.6 Å². The molecule has 0 spiro atoms. The largest absolute Gasteiger partial charge is 0.244 e. The zero-order chi connectivity index (χ0) is 9.10. The van der Waals surface area contributed by atoms with Gasteiger partial charge in [0, 0.05) is 0 Å². The summed E-state index contributed by atoms with van der Waals surface area (Å²) < 4.78 is 1.07. The molecule has 0 saturated carbocycles. The van der Waals surface area contributed by atoms with Gasteiger partial charge in [0.05, 0.1) is 9.98 Å². The number of aromatic nitrogens is 1. The van der Waals surface area contributed by atoms with Crippen LogP contribution in [0.3, 0.4) is 0 Å². The number of nitrogens with zero attached hydrogens (tertiary/aromatic N) is 1. The van der Waals surface area contributed by atoms with Crippen molar-refractivity contribution < 1.29 is 0 Å². The van der Waals surface area contributed by atoms with E-state index >= 15 is 0 Å². The van der Waals surface area contributed by atoms with Crippen LogP contribution in [0.2, 0.25) is 0 Å². The first-order chi connectivity index (χ1) is 6.34. The monoisotopic (exact) mass is 271 g/mol. The minimum absolute atomic E-state index is 1.03. The highest BCUT2D eigenvalue weighted by Gasteiger charge is 1.93. The highest BCUT2D eigenvalue weighted by atomic mass is 79.9. The second-order valence-corrected chi connectivity index (χ2v) is 5.61. The normalized spacial score (nSPS) is 11.2. The highest BCUT2D eigenvalue weighted by Crippen LogP contribution is 2.21. The summed E-state index contributed by atoms with van der Waals surface area (Å²) in [6.07, 6.45) is 5.91. The summed E-state index contributed by atoms with van der Waals surface area (Å²) in [5.74, 6) is 0. The van der Waals surface area contributed by atoms with Crippen LogP contribution >= 0.6 is 38.6 Å². The first-order valence-corrected chi connectivity index (χ1v) is 6.21. The molecule has 0 radical (unpaired) electrons. The zero-order valence-corrected chi connectivity index (χ0v) is 9.82. The van der Waals surface area contributed by atoms with Crippen molar-refractivity contribution in [3.05, 3.63) is 37.4 Å². The molecule has 4 heteroatoms. The van der Waals surface area contributed by atoms with Gasteiger partial charge in [0.2, 0.25) is 0 Å². The van der Waals surface area contributed by atoms with E-state index in [0.29, 0.717) is 0 Å². The third-order valence-electron chi connectivity index (χ3n) is 1.46. The van der Waals surface area contributed by atoms with E-state index in [9.17, 15) is 0 Å². The molecule has 0 amide bonds. The fraction of sp³-hybridized carbons (Fsp3) is 0. The lowest BCUT2D eigenvalue weighted by Crippen LogP contribution is -1.64. The first-order valence-electron chi connectivity index (χ1n) is 3.66. The summed E-state index contributed by atoms with van der Waals surface area (Å²) in [6.45, 7) is 0. The van der Waals surface area contributed by atoms with Crippen LogP contribution in [0.15, 0.2) is 26.8 Å². The topological polar surface area (TPSA) is 12.9 Å². The van der Waals surface area contributed by atoms with Gasteiger partial charge in [0.1, 0.15) is 5.01 Å². The molecular formula is C9H6BrNS2. The predicted octanol–water partition coefficient (Wildman–Crippen LogP) is 4.14.